The molecule has 2 aromatic heterocycles. The average molecular weight is 274 g/mol. The molecule has 2 aromatic rings. The van der Waals surface area contributed by atoms with Gasteiger partial charge < -0.3 is 5.73 Å². The number of aromatic nitrogens is 1. The molecule has 0 saturated heterocycles. The number of pyridine rings is 1. The zero-order valence-corrected chi connectivity index (χ0v) is 12.0. The minimum absolute atomic E-state index is 0.0351. The Kier molecular flexibility index (Phi) is 3.27. The molecule has 0 atom stereocenters. The second-order valence-electron chi connectivity index (χ2n) is 5.26. The van der Waals surface area contributed by atoms with Crippen LogP contribution in [0, 0.1) is 0 Å². The van der Waals surface area contributed by atoms with Gasteiger partial charge in [-0.1, -0.05) is 12.8 Å². The van der Waals surface area contributed by atoms with Gasteiger partial charge in [-0.3, -0.25) is 4.79 Å². The predicted molar refractivity (Wildman–Crippen MR) is 79.9 cm³/mol. The zero-order valence-electron chi connectivity index (χ0n) is 11.2. The first kappa shape index (κ1) is 12.6. The number of ketones is 1. The minimum atomic E-state index is 0.0351. The third-order valence-electron chi connectivity index (χ3n) is 3.82. The highest BCUT2D eigenvalue weighted by molar-refractivity contribution is 7.21. The van der Waals surface area contributed by atoms with Crippen molar-refractivity contribution in [2.45, 2.75) is 45.4 Å². The molecule has 100 valence electrons. The van der Waals surface area contributed by atoms with Crippen molar-refractivity contribution in [3.8, 4) is 0 Å². The summed E-state index contributed by atoms with van der Waals surface area (Å²) in [5, 5.41) is 0.967. The van der Waals surface area contributed by atoms with Crippen LogP contribution in [0.5, 0.6) is 0 Å². The Hall–Kier alpha value is -1.42. The van der Waals surface area contributed by atoms with Crippen LogP contribution in [-0.4, -0.2) is 10.8 Å². The van der Waals surface area contributed by atoms with Gasteiger partial charge in [0.15, 0.2) is 5.78 Å². The first-order valence-corrected chi connectivity index (χ1v) is 7.70. The van der Waals surface area contributed by atoms with Crippen molar-refractivity contribution >= 4 is 33.0 Å². The van der Waals surface area contributed by atoms with Crippen LogP contribution in [0.15, 0.2) is 6.07 Å². The largest absolute Gasteiger partial charge is 0.397 e. The fraction of sp³-hybridized carbons (Fsp3) is 0.467. The molecular formula is C15H18N2OS. The van der Waals surface area contributed by atoms with Crippen LogP contribution in [0.3, 0.4) is 0 Å². The molecule has 2 N–H and O–H groups in total. The Morgan fingerprint density at radius 3 is 2.74 bits per heavy atom. The first-order valence-electron chi connectivity index (χ1n) is 6.88. The van der Waals surface area contributed by atoms with Crippen molar-refractivity contribution in [2.24, 2.45) is 0 Å². The van der Waals surface area contributed by atoms with Crippen molar-refractivity contribution in [3.63, 3.8) is 0 Å². The van der Waals surface area contributed by atoms with Crippen LogP contribution in [0.25, 0.3) is 10.2 Å². The zero-order chi connectivity index (χ0) is 13.4. The van der Waals surface area contributed by atoms with Crippen LogP contribution < -0.4 is 5.73 Å². The molecule has 4 heteroatoms. The topological polar surface area (TPSA) is 56.0 Å². The maximum Gasteiger partial charge on any atom is 0.171 e. The molecule has 1 aliphatic carbocycles. The molecule has 0 fully saturated rings. The maximum absolute atomic E-state index is 11.6. The molecule has 0 aliphatic heterocycles. The van der Waals surface area contributed by atoms with Gasteiger partial charge >= 0.3 is 0 Å². The van der Waals surface area contributed by atoms with Gasteiger partial charge in [-0.05, 0) is 37.3 Å². The molecule has 19 heavy (non-hydrogen) atoms. The summed E-state index contributed by atoms with van der Waals surface area (Å²) in [7, 11) is 0. The molecule has 0 unspecified atom stereocenters. The standard InChI is InChI=1S/C15H18N2OS/c1-9(18)14-13(16)11-8-10-6-4-2-3-5-7-12(10)17-15(11)19-14/h8H,2-7,16H2,1H3. The number of carbonyl (C=O) groups excluding carboxylic acids is 1. The van der Waals surface area contributed by atoms with Crippen LogP contribution >= 0.6 is 11.3 Å². The summed E-state index contributed by atoms with van der Waals surface area (Å²) < 4.78 is 0. The highest BCUT2D eigenvalue weighted by atomic mass is 32.1. The number of thiophene rings is 1. The normalized spacial score (nSPS) is 15.8. The van der Waals surface area contributed by atoms with E-state index < -0.39 is 0 Å². The van der Waals surface area contributed by atoms with Gasteiger partial charge in [-0.2, -0.15) is 0 Å². The first-order chi connectivity index (χ1) is 9.16. The summed E-state index contributed by atoms with van der Waals surface area (Å²) in [5.74, 6) is 0.0351. The number of rotatable bonds is 1. The second-order valence-corrected chi connectivity index (χ2v) is 6.26. The van der Waals surface area contributed by atoms with E-state index in [2.05, 4.69) is 6.07 Å². The van der Waals surface area contributed by atoms with Gasteiger partial charge in [0.2, 0.25) is 0 Å². The molecule has 0 radical (unpaired) electrons. The lowest BCUT2D eigenvalue weighted by molar-refractivity contribution is 0.102. The molecule has 2 heterocycles. The molecule has 0 aromatic carbocycles. The van der Waals surface area contributed by atoms with Gasteiger partial charge in [0.1, 0.15) is 4.83 Å². The average Bonchev–Trinajstić information content (AvgIpc) is 2.66. The highest BCUT2D eigenvalue weighted by Gasteiger charge is 2.17. The molecule has 1 aliphatic rings. The van der Waals surface area contributed by atoms with Gasteiger partial charge in [0, 0.05) is 18.0 Å². The molecule has 3 rings (SSSR count). The van der Waals surface area contributed by atoms with E-state index in [1.807, 2.05) is 0 Å². The lowest BCUT2D eigenvalue weighted by atomic mass is 9.96. The SMILES string of the molecule is CC(=O)c1sc2nc3c(cc2c1N)CCCCCC3. The van der Waals surface area contributed by atoms with Crippen molar-refractivity contribution < 1.29 is 4.79 Å². The summed E-state index contributed by atoms with van der Waals surface area (Å²) in [5.41, 5.74) is 9.25. The Morgan fingerprint density at radius 1 is 1.26 bits per heavy atom. The lowest BCUT2D eigenvalue weighted by Crippen LogP contribution is -2.02. The van der Waals surface area contributed by atoms with E-state index in [4.69, 9.17) is 10.7 Å². The number of hydrogen-bond acceptors (Lipinski definition) is 4. The summed E-state index contributed by atoms with van der Waals surface area (Å²) in [6, 6.07) is 2.17. The monoisotopic (exact) mass is 274 g/mol. The van der Waals surface area contributed by atoms with Crippen molar-refractivity contribution in [2.75, 3.05) is 5.73 Å². The van der Waals surface area contributed by atoms with Crippen molar-refractivity contribution in [1.82, 2.24) is 4.98 Å². The third kappa shape index (κ3) is 2.25. The quantitative estimate of drug-likeness (QED) is 0.806. The molecular weight excluding hydrogens is 256 g/mol. The number of nitrogens with zero attached hydrogens (tertiary/aromatic N) is 1. The number of carbonyl (C=O) groups is 1. The highest BCUT2D eigenvalue weighted by Crippen LogP contribution is 2.35. The molecule has 0 spiro atoms. The van der Waals surface area contributed by atoms with E-state index in [-0.39, 0.29) is 5.78 Å². The summed E-state index contributed by atoms with van der Waals surface area (Å²) in [6.07, 6.45) is 7.18. The van der Waals surface area contributed by atoms with E-state index in [0.29, 0.717) is 10.6 Å². The molecule has 0 bridgehead atoms. The van der Waals surface area contributed by atoms with E-state index in [9.17, 15) is 4.79 Å². The van der Waals surface area contributed by atoms with Crippen molar-refractivity contribution in [3.05, 3.63) is 22.2 Å². The molecule has 0 amide bonds. The number of hydrogen-bond donors (Lipinski definition) is 1. The van der Waals surface area contributed by atoms with Crippen LogP contribution in [0.1, 0.15) is 53.5 Å². The number of anilines is 1. The molecule has 3 nitrogen and oxygen atoms in total. The summed E-state index contributed by atoms with van der Waals surface area (Å²) in [6.45, 7) is 1.57. The fourth-order valence-electron chi connectivity index (χ4n) is 2.77. The van der Waals surface area contributed by atoms with Crippen molar-refractivity contribution in [1.29, 1.82) is 0 Å². The van der Waals surface area contributed by atoms with Gasteiger partial charge in [-0.15, -0.1) is 11.3 Å². The summed E-state index contributed by atoms with van der Waals surface area (Å²) in [4.78, 5) is 17.9. The third-order valence-corrected chi connectivity index (χ3v) is 5.04. The number of Topliss-reactive ketones (excluding diaryl/α,β-unsaturated/α-hetero) is 1. The lowest BCUT2D eigenvalue weighted by Gasteiger charge is -2.12. The van der Waals surface area contributed by atoms with E-state index in [1.165, 1.54) is 48.3 Å². The smallest absolute Gasteiger partial charge is 0.171 e. The van der Waals surface area contributed by atoms with Crippen LogP contribution in [-0.2, 0) is 12.8 Å². The van der Waals surface area contributed by atoms with Gasteiger partial charge in [-0.25, -0.2) is 4.98 Å². The Labute approximate surface area is 116 Å². The Bertz CT molecular complexity index is 645. The number of aryl methyl sites for hydroxylation is 2. The van der Waals surface area contributed by atoms with Gasteiger partial charge in [0.25, 0.3) is 0 Å². The van der Waals surface area contributed by atoms with E-state index in [0.717, 1.165) is 23.1 Å². The van der Waals surface area contributed by atoms with E-state index in [1.54, 1.807) is 6.92 Å². The maximum atomic E-state index is 11.6. The Balaban J connectivity index is 2.17. The number of nitrogen functional groups attached to an aromatic ring is 1. The number of nitrogens with two attached hydrogens (primary N) is 1. The summed E-state index contributed by atoms with van der Waals surface area (Å²) >= 11 is 1.43. The van der Waals surface area contributed by atoms with Crippen LogP contribution in [0.2, 0.25) is 0 Å². The van der Waals surface area contributed by atoms with Gasteiger partial charge in [0.05, 0.1) is 10.6 Å². The van der Waals surface area contributed by atoms with E-state index >= 15 is 0 Å². The molecule has 0 saturated carbocycles. The predicted octanol–water partition coefficient (Wildman–Crippen LogP) is 3.74. The van der Waals surface area contributed by atoms with Crippen LogP contribution in [0.4, 0.5) is 5.69 Å². The Morgan fingerprint density at radius 2 is 2.00 bits per heavy atom. The minimum Gasteiger partial charge on any atom is -0.397 e. The number of fused-ring (bicyclic) bond motifs is 2. The second kappa shape index (κ2) is 4.93. The fourth-order valence-corrected chi connectivity index (χ4v) is 3.77.